The van der Waals surface area contributed by atoms with Crippen LogP contribution in [-0.4, -0.2) is 35.5 Å². The number of amides is 1. The molecule has 1 aliphatic heterocycles. The van der Waals surface area contributed by atoms with Gasteiger partial charge in [0.2, 0.25) is 0 Å². The van der Waals surface area contributed by atoms with Gasteiger partial charge in [-0.15, -0.1) is 0 Å². The molecule has 5 rings (SSSR count). The standard InChI is InChI=1S/C27H21FN2O5S/c1-3-35-19-11-12-20-21(14-19)36-27(29-20)30-23(16-5-4-6-18(13-16)34-2)22(25(32)26(30)33)24(31)15-7-9-17(28)10-8-15/h4-14,23,31H,3H2,1-2H3/t23-/m0/s1. The van der Waals surface area contributed by atoms with E-state index < -0.39 is 29.3 Å². The van der Waals surface area contributed by atoms with E-state index in [4.69, 9.17) is 9.47 Å². The molecule has 0 spiro atoms. The molecule has 1 saturated heterocycles. The predicted molar refractivity (Wildman–Crippen MR) is 135 cm³/mol. The molecular weight excluding hydrogens is 483 g/mol. The Balaban J connectivity index is 1.70. The van der Waals surface area contributed by atoms with E-state index in [2.05, 4.69) is 4.98 Å². The number of halogens is 1. The number of benzene rings is 3. The summed E-state index contributed by atoms with van der Waals surface area (Å²) in [4.78, 5) is 32.6. The summed E-state index contributed by atoms with van der Waals surface area (Å²) in [6.07, 6.45) is 0. The zero-order chi connectivity index (χ0) is 25.4. The average Bonchev–Trinajstić information content (AvgIpc) is 3.42. The van der Waals surface area contributed by atoms with Gasteiger partial charge in [0.25, 0.3) is 5.78 Å². The van der Waals surface area contributed by atoms with Crippen molar-refractivity contribution in [1.82, 2.24) is 4.98 Å². The van der Waals surface area contributed by atoms with Crippen LogP contribution < -0.4 is 14.4 Å². The molecule has 0 aliphatic carbocycles. The van der Waals surface area contributed by atoms with Gasteiger partial charge in [-0.1, -0.05) is 23.5 Å². The van der Waals surface area contributed by atoms with Crippen LogP contribution >= 0.6 is 11.3 Å². The van der Waals surface area contributed by atoms with Gasteiger partial charge in [0, 0.05) is 5.56 Å². The third-order valence-corrected chi connectivity index (χ3v) is 6.85. The number of ketones is 1. The zero-order valence-electron chi connectivity index (χ0n) is 19.4. The number of carbonyl (C=O) groups excluding carboxylic acids is 2. The van der Waals surface area contributed by atoms with Crippen LogP contribution in [0.15, 0.2) is 72.3 Å². The molecule has 1 fully saturated rings. The number of Topliss-reactive ketones (excluding diaryl/α,β-unsaturated/α-hetero) is 1. The molecule has 1 aromatic heterocycles. The topological polar surface area (TPSA) is 89.0 Å². The summed E-state index contributed by atoms with van der Waals surface area (Å²) in [6.45, 7) is 2.39. The first kappa shape index (κ1) is 23.5. The lowest BCUT2D eigenvalue weighted by molar-refractivity contribution is -0.132. The number of hydrogen-bond acceptors (Lipinski definition) is 7. The first-order chi connectivity index (χ1) is 17.4. The highest BCUT2D eigenvalue weighted by atomic mass is 32.1. The van der Waals surface area contributed by atoms with Crippen LogP contribution in [0.2, 0.25) is 0 Å². The predicted octanol–water partition coefficient (Wildman–Crippen LogP) is 5.47. The number of methoxy groups -OCH3 is 1. The number of ether oxygens (including phenoxy) is 2. The Morgan fingerprint density at radius 1 is 1.08 bits per heavy atom. The molecule has 0 unspecified atom stereocenters. The average molecular weight is 505 g/mol. The maximum absolute atomic E-state index is 13.5. The molecule has 1 amide bonds. The molecule has 7 nitrogen and oxygen atoms in total. The van der Waals surface area contributed by atoms with Gasteiger partial charge in [-0.05, 0) is 67.1 Å². The highest BCUT2D eigenvalue weighted by Crippen LogP contribution is 2.45. The number of nitrogens with zero attached hydrogens (tertiary/aromatic N) is 2. The number of hydrogen-bond donors (Lipinski definition) is 1. The minimum atomic E-state index is -0.975. The normalized spacial score (nSPS) is 17.1. The Bertz CT molecular complexity index is 1510. The van der Waals surface area contributed by atoms with E-state index in [-0.39, 0.29) is 11.1 Å². The molecule has 1 N–H and O–H groups in total. The molecule has 1 aliphatic rings. The number of anilines is 1. The fourth-order valence-electron chi connectivity index (χ4n) is 4.17. The van der Waals surface area contributed by atoms with Crippen molar-refractivity contribution in [3.8, 4) is 11.5 Å². The molecule has 9 heteroatoms. The van der Waals surface area contributed by atoms with Crippen LogP contribution in [0, 0.1) is 5.82 Å². The zero-order valence-corrected chi connectivity index (χ0v) is 20.2. The lowest BCUT2D eigenvalue weighted by Gasteiger charge is -2.23. The maximum Gasteiger partial charge on any atom is 0.301 e. The molecular formula is C27H21FN2O5S. The lowest BCUT2D eigenvalue weighted by atomic mass is 9.95. The highest BCUT2D eigenvalue weighted by molar-refractivity contribution is 7.22. The minimum absolute atomic E-state index is 0.117. The van der Waals surface area contributed by atoms with Gasteiger partial charge in [-0.2, -0.15) is 0 Å². The first-order valence-electron chi connectivity index (χ1n) is 11.2. The number of rotatable bonds is 6. The minimum Gasteiger partial charge on any atom is -0.507 e. The SMILES string of the molecule is CCOc1ccc2nc(N3C(=O)C(=O)C(=C(O)c4ccc(F)cc4)[C@@H]3c3cccc(OC)c3)sc2c1. The van der Waals surface area contributed by atoms with E-state index in [1.807, 2.05) is 13.0 Å². The maximum atomic E-state index is 13.5. The number of carbonyl (C=O) groups is 2. The Morgan fingerprint density at radius 3 is 2.58 bits per heavy atom. The van der Waals surface area contributed by atoms with Crippen LogP contribution in [0.4, 0.5) is 9.52 Å². The molecule has 4 aromatic rings. The first-order valence-corrected chi connectivity index (χ1v) is 12.0. The molecule has 1 atom stereocenters. The summed E-state index contributed by atoms with van der Waals surface area (Å²) < 4.78 is 25.2. The molecule has 0 saturated carbocycles. The van der Waals surface area contributed by atoms with Crippen LogP contribution in [0.25, 0.3) is 16.0 Å². The largest absolute Gasteiger partial charge is 0.507 e. The third kappa shape index (κ3) is 4.07. The summed E-state index contributed by atoms with van der Waals surface area (Å²) in [6, 6.07) is 16.4. The van der Waals surface area contributed by atoms with Crippen molar-refractivity contribution in [2.45, 2.75) is 13.0 Å². The van der Waals surface area contributed by atoms with Crippen molar-refractivity contribution in [1.29, 1.82) is 0 Å². The van der Waals surface area contributed by atoms with Gasteiger partial charge in [0.15, 0.2) is 5.13 Å². The van der Waals surface area contributed by atoms with E-state index in [0.717, 1.165) is 4.70 Å². The van der Waals surface area contributed by atoms with E-state index in [1.54, 1.807) is 36.4 Å². The molecule has 36 heavy (non-hydrogen) atoms. The van der Waals surface area contributed by atoms with Gasteiger partial charge in [0.1, 0.15) is 23.1 Å². The van der Waals surface area contributed by atoms with Gasteiger partial charge in [0.05, 0.1) is 35.5 Å². The van der Waals surface area contributed by atoms with Crippen LogP contribution in [0.5, 0.6) is 11.5 Å². The molecule has 0 bridgehead atoms. The van der Waals surface area contributed by atoms with Gasteiger partial charge < -0.3 is 14.6 Å². The summed E-state index contributed by atoms with van der Waals surface area (Å²) >= 11 is 1.24. The Morgan fingerprint density at radius 2 is 1.86 bits per heavy atom. The fraction of sp³-hybridized carbons (Fsp3) is 0.148. The second-order valence-corrected chi connectivity index (χ2v) is 9.02. The van der Waals surface area contributed by atoms with E-state index in [9.17, 15) is 19.1 Å². The summed E-state index contributed by atoms with van der Waals surface area (Å²) in [5.74, 6) is -1.39. The Labute approximate surface area is 210 Å². The van der Waals surface area contributed by atoms with E-state index in [1.165, 1.54) is 47.6 Å². The smallest absolute Gasteiger partial charge is 0.301 e. The summed E-state index contributed by atoms with van der Waals surface area (Å²) in [5.41, 5.74) is 1.29. The second-order valence-electron chi connectivity index (χ2n) is 8.01. The van der Waals surface area contributed by atoms with Gasteiger partial charge in [-0.25, -0.2) is 9.37 Å². The van der Waals surface area contributed by atoms with Crippen molar-refractivity contribution in [2.75, 3.05) is 18.6 Å². The van der Waals surface area contributed by atoms with Crippen molar-refractivity contribution in [3.63, 3.8) is 0 Å². The fourth-order valence-corrected chi connectivity index (χ4v) is 5.19. The Kier molecular flexibility index (Phi) is 6.15. The quantitative estimate of drug-likeness (QED) is 0.213. The van der Waals surface area contributed by atoms with Crippen molar-refractivity contribution in [3.05, 3.63) is 89.2 Å². The molecule has 0 radical (unpaired) electrons. The van der Waals surface area contributed by atoms with Crippen LogP contribution in [-0.2, 0) is 9.59 Å². The van der Waals surface area contributed by atoms with Crippen LogP contribution in [0.1, 0.15) is 24.1 Å². The molecule has 3 aromatic carbocycles. The Hall–Kier alpha value is -4.24. The lowest BCUT2D eigenvalue weighted by Crippen LogP contribution is -2.29. The number of aliphatic hydroxyl groups excluding tert-OH is 1. The number of fused-ring (bicyclic) bond motifs is 1. The third-order valence-electron chi connectivity index (χ3n) is 5.84. The van der Waals surface area contributed by atoms with Crippen molar-refractivity contribution in [2.24, 2.45) is 0 Å². The molecule has 182 valence electrons. The molecule has 2 heterocycles. The van der Waals surface area contributed by atoms with Crippen molar-refractivity contribution >= 4 is 44.1 Å². The van der Waals surface area contributed by atoms with Gasteiger partial charge >= 0.3 is 5.91 Å². The monoisotopic (exact) mass is 504 g/mol. The highest BCUT2D eigenvalue weighted by Gasteiger charge is 2.48. The van der Waals surface area contributed by atoms with Crippen molar-refractivity contribution < 1.29 is 28.6 Å². The second kappa shape index (κ2) is 9.43. The van der Waals surface area contributed by atoms with Crippen LogP contribution in [0.3, 0.4) is 0 Å². The van der Waals surface area contributed by atoms with E-state index in [0.29, 0.717) is 34.3 Å². The number of aromatic nitrogens is 1. The number of aliphatic hydroxyl groups is 1. The number of thiazole rings is 1. The van der Waals surface area contributed by atoms with Gasteiger partial charge in [-0.3, -0.25) is 14.5 Å². The summed E-state index contributed by atoms with van der Waals surface area (Å²) in [5, 5.41) is 11.4. The summed E-state index contributed by atoms with van der Waals surface area (Å²) in [7, 11) is 1.51. The van der Waals surface area contributed by atoms with E-state index >= 15 is 0 Å².